The number of aryl methyl sites for hydroxylation is 2. The fourth-order valence-corrected chi connectivity index (χ4v) is 8.87. The average molecular weight is 679 g/mol. The van der Waals surface area contributed by atoms with Crippen molar-refractivity contribution in [2.45, 2.75) is 19.3 Å². The van der Waals surface area contributed by atoms with Gasteiger partial charge >= 0.3 is 0 Å². The van der Waals surface area contributed by atoms with Gasteiger partial charge in [-0.25, -0.2) is 0 Å². The standard InChI is InChI=1S/C51H38N2/c1-35-23-29-49-45(31-35)46-32-36(2)24-30-50(46)53(49)42-26-28-44-43-27-25-41(52(39-19-11-5-12-20-39)40-21-13-6-14-22-40)33-47(43)51(48(44)34-42,37-15-7-3-8-16-37)38-17-9-4-10-18-38/h3-34H,1-2H3. The van der Waals surface area contributed by atoms with E-state index >= 15 is 0 Å². The number of benzene rings is 8. The molecular weight excluding hydrogens is 641 g/mol. The first-order valence-corrected chi connectivity index (χ1v) is 18.4. The van der Waals surface area contributed by atoms with Crippen LogP contribution >= 0.6 is 0 Å². The predicted molar refractivity (Wildman–Crippen MR) is 222 cm³/mol. The van der Waals surface area contributed by atoms with Gasteiger partial charge < -0.3 is 9.47 Å². The summed E-state index contributed by atoms with van der Waals surface area (Å²) in [6.45, 7) is 4.37. The Morgan fingerprint density at radius 3 is 1.36 bits per heavy atom. The van der Waals surface area contributed by atoms with Crippen LogP contribution in [0, 0.1) is 13.8 Å². The summed E-state index contributed by atoms with van der Waals surface area (Å²) in [4.78, 5) is 2.37. The van der Waals surface area contributed by atoms with E-state index in [1.807, 2.05) is 0 Å². The van der Waals surface area contributed by atoms with Crippen molar-refractivity contribution in [3.05, 3.63) is 228 Å². The van der Waals surface area contributed by atoms with Gasteiger partial charge in [0.05, 0.1) is 16.4 Å². The molecular formula is C51H38N2. The van der Waals surface area contributed by atoms with Gasteiger partial charge in [-0.1, -0.05) is 132 Å². The van der Waals surface area contributed by atoms with Gasteiger partial charge in [0.25, 0.3) is 0 Å². The van der Waals surface area contributed by atoms with Crippen LogP contribution in [-0.2, 0) is 5.41 Å². The van der Waals surface area contributed by atoms with Crippen molar-refractivity contribution in [1.29, 1.82) is 0 Å². The molecule has 0 aliphatic heterocycles. The third-order valence-corrected chi connectivity index (χ3v) is 11.1. The molecule has 0 bridgehead atoms. The van der Waals surface area contributed by atoms with Gasteiger partial charge in [0.15, 0.2) is 0 Å². The van der Waals surface area contributed by atoms with Crippen LogP contribution in [-0.4, -0.2) is 4.57 Å². The highest BCUT2D eigenvalue weighted by atomic mass is 15.1. The van der Waals surface area contributed by atoms with Crippen molar-refractivity contribution < 1.29 is 0 Å². The Morgan fingerprint density at radius 2 is 0.849 bits per heavy atom. The van der Waals surface area contributed by atoms with Gasteiger partial charge in [0.2, 0.25) is 0 Å². The fraction of sp³-hybridized carbons (Fsp3) is 0.0588. The van der Waals surface area contributed by atoms with E-state index < -0.39 is 5.41 Å². The molecule has 0 N–H and O–H groups in total. The molecule has 0 saturated carbocycles. The van der Waals surface area contributed by atoms with Crippen molar-refractivity contribution >= 4 is 38.9 Å². The molecule has 8 aromatic carbocycles. The van der Waals surface area contributed by atoms with Gasteiger partial charge in [-0.2, -0.15) is 0 Å². The number of anilines is 3. The molecule has 1 aliphatic rings. The molecule has 2 heteroatoms. The molecule has 1 aliphatic carbocycles. The minimum absolute atomic E-state index is 0.565. The number of hydrogen-bond donors (Lipinski definition) is 0. The highest BCUT2D eigenvalue weighted by Crippen LogP contribution is 2.58. The van der Waals surface area contributed by atoms with Crippen LogP contribution in [0.1, 0.15) is 33.4 Å². The van der Waals surface area contributed by atoms with Crippen LogP contribution in [0.3, 0.4) is 0 Å². The summed E-state index contributed by atoms with van der Waals surface area (Å²) in [5.74, 6) is 0. The van der Waals surface area contributed by atoms with Crippen molar-refractivity contribution in [2.75, 3.05) is 4.90 Å². The molecule has 0 fully saturated rings. The quantitative estimate of drug-likeness (QED) is 0.170. The maximum atomic E-state index is 2.47. The van der Waals surface area contributed by atoms with Gasteiger partial charge in [-0.3, -0.25) is 0 Å². The van der Waals surface area contributed by atoms with Crippen LogP contribution < -0.4 is 4.90 Å². The molecule has 9 aromatic rings. The molecule has 53 heavy (non-hydrogen) atoms. The summed E-state index contributed by atoms with van der Waals surface area (Å²) in [5, 5.41) is 2.58. The SMILES string of the molecule is Cc1ccc2c(c1)c1cc(C)ccc1n2-c1ccc2c(c1)C(c1ccccc1)(c1ccccc1)c1cc(N(c3ccccc3)c3ccccc3)ccc1-2. The minimum Gasteiger partial charge on any atom is -0.310 e. The average Bonchev–Trinajstić information content (AvgIpc) is 3.68. The first-order valence-electron chi connectivity index (χ1n) is 18.4. The number of nitrogens with zero attached hydrogens (tertiary/aromatic N) is 2. The summed E-state index contributed by atoms with van der Waals surface area (Å²) >= 11 is 0. The summed E-state index contributed by atoms with van der Waals surface area (Å²) in [7, 11) is 0. The monoisotopic (exact) mass is 678 g/mol. The predicted octanol–water partition coefficient (Wildman–Crippen LogP) is 13.2. The Hall–Kier alpha value is -6.64. The zero-order valence-corrected chi connectivity index (χ0v) is 29.9. The van der Waals surface area contributed by atoms with Gasteiger partial charge in [-0.15, -0.1) is 0 Å². The largest absolute Gasteiger partial charge is 0.310 e. The Kier molecular flexibility index (Phi) is 7.19. The molecule has 0 amide bonds. The minimum atomic E-state index is -0.565. The zero-order valence-electron chi connectivity index (χ0n) is 29.9. The maximum Gasteiger partial charge on any atom is 0.0715 e. The lowest BCUT2D eigenvalue weighted by molar-refractivity contribution is 0.767. The van der Waals surface area contributed by atoms with Crippen LogP contribution in [0.4, 0.5) is 17.1 Å². The smallest absolute Gasteiger partial charge is 0.0715 e. The molecule has 1 aromatic heterocycles. The van der Waals surface area contributed by atoms with E-state index in [0.29, 0.717) is 0 Å². The number of rotatable bonds is 6. The van der Waals surface area contributed by atoms with Crippen molar-refractivity contribution in [3.8, 4) is 16.8 Å². The second kappa shape index (κ2) is 12.3. The van der Waals surface area contributed by atoms with E-state index in [-0.39, 0.29) is 0 Å². The number of para-hydroxylation sites is 2. The number of hydrogen-bond acceptors (Lipinski definition) is 1. The topological polar surface area (TPSA) is 8.17 Å². The van der Waals surface area contributed by atoms with E-state index in [2.05, 4.69) is 217 Å². The van der Waals surface area contributed by atoms with Crippen LogP contribution in [0.2, 0.25) is 0 Å². The Bertz CT molecular complexity index is 2640. The lowest BCUT2D eigenvalue weighted by Crippen LogP contribution is -2.29. The molecule has 0 saturated heterocycles. The number of aromatic nitrogens is 1. The lowest BCUT2D eigenvalue weighted by atomic mass is 9.67. The molecule has 0 spiro atoms. The summed E-state index contributed by atoms with van der Waals surface area (Å²) in [6.07, 6.45) is 0. The first kappa shape index (κ1) is 31.1. The molecule has 0 atom stereocenters. The van der Waals surface area contributed by atoms with Gasteiger partial charge in [0, 0.05) is 33.5 Å². The molecule has 2 nitrogen and oxygen atoms in total. The third-order valence-electron chi connectivity index (χ3n) is 11.1. The summed E-state index contributed by atoms with van der Waals surface area (Å²) in [6, 6.07) is 71.6. The van der Waals surface area contributed by atoms with Crippen molar-refractivity contribution in [3.63, 3.8) is 0 Å². The van der Waals surface area contributed by atoms with Gasteiger partial charge in [0.1, 0.15) is 0 Å². The third kappa shape index (κ3) is 4.80. The van der Waals surface area contributed by atoms with Crippen molar-refractivity contribution in [2.24, 2.45) is 0 Å². The normalized spacial score (nSPS) is 12.9. The fourth-order valence-electron chi connectivity index (χ4n) is 8.87. The molecule has 0 radical (unpaired) electrons. The number of fused-ring (bicyclic) bond motifs is 6. The maximum absolute atomic E-state index is 2.47. The van der Waals surface area contributed by atoms with E-state index in [1.54, 1.807) is 0 Å². The zero-order chi connectivity index (χ0) is 35.5. The van der Waals surface area contributed by atoms with E-state index in [9.17, 15) is 0 Å². The highest BCUT2D eigenvalue weighted by Gasteiger charge is 2.46. The van der Waals surface area contributed by atoms with Crippen molar-refractivity contribution in [1.82, 2.24) is 4.57 Å². The second-order valence-corrected chi connectivity index (χ2v) is 14.3. The van der Waals surface area contributed by atoms with E-state index in [0.717, 1.165) is 22.7 Å². The van der Waals surface area contributed by atoms with Crippen LogP contribution in [0.15, 0.2) is 194 Å². The summed E-state index contributed by atoms with van der Waals surface area (Å²) < 4.78 is 2.46. The summed E-state index contributed by atoms with van der Waals surface area (Å²) in [5.41, 5.74) is 16.6. The van der Waals surface area contributed by atoms with E-state index in [1.165, 1.54) is 66.3 Å². The highest BCUT2D eigenvalue weighted by molar-refractivity contribution is 6.10. The Labute approximate surface area is 310 Å². The molecule has 252 valence electrons. The molecule has 0 unspecified atom stereocenters. The van der Waals surface area contributed by atoms with Gasteiger partial charge in [-0.05, 0) is 120 Å². The lowest BCUT2D eigenvalue weighted by Gasteiger charge is -2.35. The molecule has 10 rings (SSSR count). The Morgan fingerprint density at radius 1 is 0.396 bits per heavy atom. The van der Waals surface area contributed by atoms with Crippen LogP contribution in [0.5, 0.6) is 0 Å². The Balaban J connectivity index is 1.28. The van der Waals surface area contributed by atoms with E-state index in [4.69, 9.17) is 0 Å². The molecule has 1 heterocycles. The second-order valence-electron chi connectivity index (χ2n) is 14.3. The first-order chi connectivity index (χ1) is 26.1. The van der Waals surface area contributed by atoms with Crippen LogP contribution in [0.25, 0.3) is 38.6 Å².